The fourth-order valence-electron chi connectivity index (χ4n) is 2.26. The van der Waals surface area contributed by atoms with Crippen LogP contribution in [0, 0.1) is 6.92 Å². The standard InChI is InChI=1S/C13H17NO2/c1-8-5-9-7-11(15)14(4)12(9)10(6-8)13(2,3)16/h5-6,16H,7H2,1-4H3. The maximum atomic E-state index is 11.7. The van der Waals surface area contributed by atoms with E-state index in [2.05, 4.69) is 0 Å². The number of hydrogen-bond acceptors (Lipinski definition) is 2. The Labute approximate surface area is 95.7 Å². The summed E-state index contributed by atoms with van der Waals surface area (Å²) in [6.45, 7) is 5.48. The Morgan fingerprint density at radius 1 is 1.38 bits per heavy atom. The third kappa shape index (κ3) is 1.61. The highest BCUT2D eigenvalue weighted by molar-refractivity contribution is 6.02. The fourth-order valence-corrected chi connectivity index (χ4v) is 2.26. The van der Waals surface area contributed by atoms with E-state index in [0.717, 1.165) is 22.4 Å². The van der Waals surface area contributed by atoms with Crippen LogP contribution in [0.4, 0.5) is 5.69 Å². The van der Waals surface area contributed by atoms with Crippen molar-refractivity contribution in [2.45, 2.75) is 32.8 Å². The van der Waals surface area contributed by atoms with Crippen LogP contribution in [0.25, 0.3) is 0 Å². The first-order valence-electron chi connectivity index (χ1n) is 5.43. The molecule has 0 saturated heterocycles. The third-order valence-electron chi connectivity index (χ3n) is 3.04. The van der Waals surface area contributed by atoms with Crippen molar-refractivity contribution in [3.05, 3.63) is 28.8 Å². The monoisotopic (exact) mass is 219 g/mol. The van der Waals surface area contributed by atoms with Crippen LogP contribution >= 0.6 is 0 Å². The van der Waals surface area contributed by atoms with Crippen LogP contribution in [-0.2, 0) is 16.8 Å². The Morgan fingerprint density at radius 3 is 2.56 bits per heavy atom. The molecule has 3 heteroatoms. The molecule has 1 aromatic carbocycles. The van der Waals surface area contributed by atoms with Crippen LogP contribution in [0.5, 0.6) is 0 Å². The van der Waals surface area contributed by atoms with Gasteiger partial charge in [0.15, 0.2) is 0 Å². The predicted molar refractivity (Wildman–Crippen MR) is 63.5 cm³/mol. The molecule has 0 radical (unpaired) electrons. The minimum absolute atomic E-state index is 0.0890. The lowest BCUT2D eigenvalue weighted by molar-refractivity contribution is -0.117. The second-order valence-electron chi connectivity index (χ2n) is 5.01. The second kappa shape index (κ2) is 3.32. The van der Waals surface area contributed by atoms with Gasteiger partial charge in [-0.15, -0.1) is 0 Å². The third-order valence-corrected chi connectivity index (χ3v) is 3.04. The summed E-state index contributed by atoms with van der Waals surface area (Å²) in [6, 6.07) is 3.97. The first kappa shape index (κ1) is 11.1. The first-order chi connectivity index (χ1) is 7.30. The summed E-state index contributed by atoms with van der Waals surface area (Å²) < 4.78 is 0. The van der Waals surface area contributed by atoms with Crippen molar-refractivity contribution in [1.82, 2.24) is 0 Å². The summed E-state index contributed by atoms with van der Waals surface area (Å²) >= 11 is 0. The zero-order chi connectivity index (χ0) is 12.1. The van der Waals surface area contributed by atoms with Crippen LogP contribution in [0.1, 0.15) is 30.5 Å². The molecule has 0 aromatic heterocycles. The van der Waals surface area contributed by atoms with Crippen LogP contribution in [0.2, 0.25) is 0 Å². The zero-order valence-corrected chi connectivity index (χ0v) is 10.2. The smallest absolute Gasteiger partial charge is 0.231 e. The Morgan fingerprint density at radius 2 is 2.00 bits per heavy atom. The molecular weight excluding hydrogens is 202 g/mol. The van der Waals surface area contributed by atoms with Gasteiger partial charge >= 0.3 is 0 Å². The number of carbonyl (C=O) groups excluding carboxylic acids is 1. The molecule has 0 bridgehead atoms. The molecule has 1 aromatic rings. The number of aryl methyl sites for hydroxylation is 1. The molecule has 0 saturated carbocycles. The average molecular weight is 219 g/mol. The lowest BCUT2D eigenvalue weighted by atomic mass is 9.92. The highest BCUT2D eigenvalue weighted by atomic mass is 16.3. The summed E-state index contributed by atoms with van der Waals surface area (Å²) in [5, 5.41) is 10.1. The predicted octanol–water partition coefficient (Wildman–Crippen LogP) is 1.74. The summed E-state index contributed by atoms with van der Waals surface area (Å²) in [5.41, 5.74) is 2.89. The SMILES string of the molecule is Cc1cc2c(c(C(C)(C)O)c1)N(C)C(=O)C2. The largest absolute Gasteiger partial charge is 0.386 e. The van der Waals surface area contributed by atoms with E-state index in [1.165, 1.54) is 0 Å². The van der Waals surface area contributed by atoms with Gasteiger partial charge in [-0.05, 0) is 26.3 Å². The first-order valence-corrected chi connectivity index (χ1v) is 5.43. The lowest BCUT2D eigenvalue weighted by Gasteiger charge is -2.25. The molecule has 0 aliphatic carbocycles. The Hall–Kier alpha value is -1.35. The maximum Gasteiger partial charge on any atom is 0.231 e. The Kier molecular flexibility index (Phi) is 2.31. The molecule has 1 heterocycles. The van der Waals surface area contributed by atoms with Crippen molar-refractivity contribution in [2.75, 3.05) is 11.9 Å². The fraction of sp³-hybridized carbons (Fsp3) is 0.462. The van der Waals surface area contributed by atoms with Crippen molar-refractivity contribution < 1.29 is 9.90 Å². The number of aliphatic hydroxyl groups is 1. The molecule has 3 nitrogen and oxygen atoms in total. The van der Waals surface area contributed by atoms with Crippen LogP contribution in [0.3, 0.4) is 0 Å². The number of carbonyl (C=O) groups is 1. The maximum absolute atomic E-state index is 11.7. The van der Waals surface area contributed by atoms with Crippen molar-refractivity contribution in [3.63, 3.8) is 0 Å². The highest BCUT2D eigenvalue weighted by Crippen LogP contribution is 2.38. The van der Waals surface area contributed by atoms with E-state index in [4.69, 9.17) is 0 Å². The minimum Gasteiger partial charge on any atom is -0.386 e. The Bertz CT molecular complexity index is 458. The van der Waals surface area contributed by atoms with E-state index in [1.807, 2.05) is 19.1 Å². The Balaban J connectivity index is 2.68. The quantitative estimate of drug-likeness (QED) is 0.781. The van der Waals surface area contributed by atoms with Gasteiger partial charge < -0.3 is 10.0 Å². The van der Waals surface area contributed by atoms with E-state index < -0.39 is 5.60 Å². The van der Waals surface area contributed by atoms with E-state index >= 15 is 0 Å². The normalized spacial score (nSPS) is 15.6. The van der Waals surface area contributed by atoms with Gasteiger partial charge in [-0.3, -0.25) is 4.79 Å². The van der Waals surface area contributed by atoms with Crippen LogP contribution < -0.4 is 4.90 Å². The van der Waals surface area contributed by atoms with Gasteiger partial charge in [-0.25, -0.2) is 0 Å². The van der Waals surface area contributed by atoms with Crippen molar-refractivity contribution >= 4 is 11.6 Å². The number of hydrogen-bond donors (Lipinski definition) is 1. The van der Waals surface area contributed by atoms with Crippen molar-refractivity contribution in [2.24, 2.45) is 0 Å². The molecule has 0 atom stereocenters. The van der Waals surface area contributed by atoms with E-state index in [0.29, 0.717) is 6.42 Å². The summed E-state index contributed by atoms with van der Waals surface area (Å²) in [7, 11) is 1.76. The van der Waals surface area contributed by atoms with Gasteiger partial charge in [-0.2, -0.15) is 0 Å². The molecule has 1 N–H and O–H groups in total. The topological polar surface area (TPSA) is 40.5 Å². The molecule has 1 amide bonds. The number of nitrogens with zero attached hydrogens (tertiary/aromatic N) is 1. The molecule has 16 heavy (non-hydrogen) atoms. The lowest BCUT2D eigenvalue weighted by Crippen LogP contribution is -2.25. The van der Waals surface area contributed by atoms with Crippen LogP contribution in [-0.4, -0.2) is 18.1 Å². The highest BCUT2D eigenvalue weighted by Gasteiger charge is 2.31. The molecule has 1 aliphatic rings. The molecule has 0 unspecified atom stereocenters. The number of anilines is 1. The minimum atomic E-state index is -0.922. The molecule has 1 aliphatic heterocycles. The summed E-state index contributed by atoms with van der Waals surface area (Å²) in [6.07, 6.45) is 0.441. The second-order valence-corrected chi connectivity index (χ2v) is 5.01. The molecule has 0 spiro atoms. The van der Waals surface area contributed by atoms with Crippen molar-refractivity contribution in [1.29, 1.82) is 0 Å². The zero-order valence-electron chi connectivity index (χ0n) is 10.2. The number of likely N-dealkylation sites (N-methyl/N-ethyl adjacent to an activating group) is 1. The van der Waals surface area contributed by atoms with Gasteiger partial charge in [0.2, 0.25) is 5.91 Å². The van der Waals surface area contributed by atoms with Gasteiger partial charge in [0, 0.05) is 12.6 Å². The average Bonchev–Trinajstić information content (AvgIpc) is 2.39. The number of fused-ring (bicyclic) bond motifs is 1. The van der Waals surface area contributed by atoms with Crippen molar-refractivity contribution in [3.8, 4) is 0 Å². The van der Waals surface area contributed by atoms with Gasteiger partial charge in [0.25, 0.3) is 0 Å². The van der Waals surface area contributed by atoms with E-state index in [-0.39, 0.29) is 5.91 Å². The van der Waals surface area contributed by atoms with Gasteiger partial charge in [-0.1, -0.05) is 17.7 Å². The molecule has 0 fully saturated rings. The number of amides is 1. The number of rotatable bonds is 1. The molecule has 86 valence electrons. The number of benzene rings is 1. The molecule has 2 rings (SSSR count). The summed E-state index contributed by atoms with van der Waals surface area (Å²) in [5.74, 6) is 0.0890. The molecular formula is C13H17NO2. The summed E-state index contributed by atoms with van der Waals surface area (Å²) in [4.78, 5) is 13.3. The van der Waals surface area contributed by atoms with Crippen LogP contribution in [0.15, 0.2) is 12.1 Å². The van der Waals surface area contributed by atoms with Gasteiger partial charge in [0.1, 0.15) is 0 Å². The van der Waals surface area contributed by atoms with E-state index in [9.17, 15) is 9.90 Å². The van der Waals surface area contributed by atoms with Gasteiger partial charge in [0.05, 0.1) is 17.7 Å². The van der Waals surface area contributed by atoms with E-state index in [1.54, 1.807) is 25.8 Å².